The summed E-state index contributed by atoms with van der Waals surface area (Å²) in [6.45, 7) is 4.09. The third-order valence-corrected chi connectivity index (χ3v) is 2.58. The Morgan fingerprint density at radius 3 is 2.53 bits per heavy atom. The van der Waals surface area contributed by atoms with Gasteiger partial charge >= 0.3 is 0 Å². The topological polar surface area (TPSA) is 73.1 Å². The summed E-state index contributed by atoms with van der Waals surface area (Å²) in [4.78, 5) is 8.14. The number of aromatic nitrogens is 2. The number of hydrazine groups is 1. The molecule has 0 fully saturated rings. The van der Waals surface area contributed by atoms with Crippen LogP contribution in [0.1, 0.15) is 12.6 Å². The minimum absolute atomic E-state index is 0.0172. The average molecular weight is 262 g/mol. The predicted molar refractivity (Wildman–Crippen MR) is 71.1 cm³/mol. The van der Waals surface area contributed by atoms with Gasteiger partial charge in [0.2, 0.25) is 0 Å². The first-order valence-electron chi connectivity index (χ1n) is 5.89. The van der Waals surface area contributed by atoms with E-state index in [1.165, 1.54) is 0 Å². The Bertz CT molecular complexity index is 572. The van der Waals surface area contributed by atoms with E-state index in [-0.39, 0.29) is 11.5 Å². The second kappa shape index (κ2) is 5.62. The van der Waals surface area contributed by atoms with Crippen molar-refractivity contribution in [1.29, 1.82) is 0 Å². The Kier molecular flexibility index (Phi) is 3.91. The Morgan fingerprint density at radius 2 is 1.95 bits per heavy atom. The molecule has 6 heteroatoms. The molecule has 0 atom stereocenters. The standard InChI is InChI=1S/C13H15FN4O/c1-3-19-10-6-4-9(5-7-10)12-16-8(2)11(14)13(17-12)18-15/h4-7H,3,15H2,1-2H3,(H,16,17,18). The van der Waals surface area contributed by atoms with E-state index in [0.29, 0.717) is 12.4 Å². The van der Waals surface area contributed by atoms with Crippen molar-refractivity contribution in [2.45, 2.75) is 13.8 Å². The van der Waals surface area contributed by atoms with E-state index in [9.17, 15) is 4.39 Å². The summed E-state index contributed by atoms with van der Waals surface area (Å²) >= 11 is 0. The van der Waals surface area contributed by atoms with Gasteiger partial charge in [0.1, 0.15) is 5.75 Å². The summed E-state index contributed by atoms with van der Waals surface area (Å²) < 4.78 is 18.9. The second-order valence-corrected chi connectivity index (χ2v) is 3.90. The smallest absolute Gasteiger partial charge is 0.187 e. The maximum Gasteiger partial charge on any atom is 0.187 e. The van der Waals surface area contributed by atoms with Crippen LogP contribution >= 0.6 is 0 Å². The van der Waals surface area contributed by atoms with Crippen molar-refractivity contribution in [1.82, 2.24) is 9.97 Å². The lowest BCUT2D eigenvalue weighted by atomic mass is 10.2. The highest BCUT2D eigenvalue weighted by molar-refractivity contribution is 5.58. The molecule has 0 radical (unpaired) electrons. The fourth-order valence-corrected chi connectivity index (χ4v) is 1.65. The van der Waals surface area contributed by atoms with Crippen molar-refractivity contribution < 1.29 is 9.13 Å². The Balaban J connectivity index is 2.38. The lowest BCUT2D eigenvalue weighted by molar-refractivity contribution is 0.340. The molecule has 0 bridgehead atoms. The molecule has 0 saturated carbocycles. The Hall–Kier alpha value is -2.21. The molecule has 100 valence electrons. The maximum atomic E-state index is 13.6. The molecule has 0 saturated heterocycles. The molecular weight excluding hydrogens is 247 g/mol. The van der Waals surface area contributed by atoms with Gasteiger partial charge in [-0.25, -0.2) is 20.2 Å². The van der Waals surface area contributed by atoms with E-state index < -0.39 is 5.82 Å². The van der Waals surface area contributed by atoms with Crippen molar-refractivity contribution in [3.63, 3.8) is 0 Å². The minimum Gasteiger partial charge on any atom is -0.494 e. The summed E-state index contributed by atoms with van der Waals surface area (Å²) in [5, 5.41) is 0. The fraction of sp³-hybridized carbons (Fsp3) is 0.231. The summed E-state index contributed by atoms with van der Waals surface area (Å²) in [5.74, 6) is 5.85. The zero-order valence-corrected chi connectivity index (χ0v) is 10.8. The van der Waals surface area contributed by atoms with Gasteiger partial charge in [0.15, 0.2) is 17.5 Å². The SMILES string of the molecule is CCOc1ccc(-c2nc(C)c(F)c(NN)n2)cc1. The first-order valence-corrected chi connectivity index (χ1v) is 5.89. The zero-order valence-electron chi connectivity index (χ0n) is 10.8. The van der Waals surface area contributed by atoms with Crippen molar-refractivity contribution >= 4 is 5.82 Å². The molecule has 19 heavy (non-hydrogen) atoms. The molecule has 3 N–H and O–H groups in total. The lowest BCUT2D eigenvalue weighted by Crippen LogP contribution is -2.13. The molecule has 1 heterocycles. The third kappa shape index (κ3) is 2.79. The Morgan fingerprint density at radius 1 is 1.26 bits per heavy atom. The van der Waals surface area contributed by atoms with Crippen molar-refractivity contribution in [2.24, 2.45) is 5.84 Å². The number of aryl methyl sites for hydroxylation is 1. The molecule has 0 aliphatic carbocycles. The van der Waals surface area contributed by atoms with Gasteiger partial charge < -0.3 is 10.2 Å². The van der Waals surface area contributed by atoms with E-state index in [1.54, 1.807) is 6.92 Å². The van der Waals surface area contributed by atoms with E-state index in [2.05, 4.69) is 15.4 Å². The van der Waals surface area contributed by atoms with E-state index >= 15 is 0 Å². The van der Waals surface area contributed by atoms with Crippen LogP contribution in [0, 0.1) is 12.7 Å². The molecule has 1 aromatic heterocycles. The number of hydrogen-bond donors (Lipinski definition) is 2. The van der Waals surface area contributed by atoms with Crippen LogP contribution in [-0.4, -0.2) is 16.6 Å². The number of ether oxygens (including phenoxy) is 1. The molecule has 0 aliphatic rings. The molecule has 1 aromatic carbocycles. The van der Waals surface area contributed by atoms with Crippen LogP contribution in [0.4, 0.5) is 10.2 Å². The van der Waals surface area contributed by atoms with Crippen LogP contribution in [-0.2, 0) is 0 Å². The van der Waals surface area contributed by atoms with Gasteiger partial charge in [-0.05, 0) is 38.1 Å². The first-order chi connectivity index (χ1) is 9.15. The molecule has 2 aromatic rings. The van der Waals surface area contributed by atoms with Crippen LogP contribution in [0.25, 0.3) is 11.4 Å². The van der Waals surface area contributed by atoms with Gasteiger partial charge in [0.05, 0.1) is 12.3 Å². The third-order valence-electron chi connectivity index (χ3n) is 2.58. The van der Waals surface area contributed by atoms with Gasteiger partial charge in [0, 0.05) is 5.56 Å². The van der Waals surface area contributed by atoms with Crippen LogP contribution in [0.15, 0.2) is 24.3 Å². The van der Waals surface area contributed by atoms with Gasteiger partial charge in [-0.1, -0.05) is 0 Å². The molecular formula is C13H15FN4O. The number of nitrogens with two attached hydrogens (primary N) is 1. The predicted octanol–water partition coefficient (Wildman–Crippen LogP) is 2.28. The summed E-state index contributed by atoms with van der Waals surface area (Å²) in [5.41, 5.74) is 3.24. The number of hydrogen-bond acceptors (Lipinski definition) is 5. The van der Waals surface area contributed by atoms with Crippen molar-refractivity contribution in [3.8, 4) is 17.1 Å². The number of anilines is 1. The van der Waals surface area contributed by atoms with Crippen molar-refractivity contribution in [3.05, 3.63) is 35.8 Å². The van der Waals surface area contributed by atoms with Gasteiger partial charge in [-0.3, -0.25) is 0 Å². The van der Waals surface area contributed by atoms with Gasteiger partial charge in [0.25, 0.3) is 0 Å². The molecule has 5 nitrogen and oxygen atoms in total. The largest absolute Gasteiger partial charge is 0.494 e. The van der Waals surface area contributed by atoms with E-state index in [4.69, 9.17) is 10.6 Å². The number of nitrogens with zero attached hydrogens (tertiary/aromatic N) is 2. The zero-order chi connectivity index (χ0) is 13.8. The lowest BCUT2D eigenvalue weighted by Gasteiger charge is -2.08. The fourth-order valence-electron chi connectivity index (χ4n) is 1.65. The summed E-state index contributed by atoms with van der Waals surface area (Å²) in [6, 6.07) is 7.27. The second-order valence-electron chi connectivity index (χ2n) is 3.90. The monoisotopic (exact) mass is 262 g/mol. The van der Waals surface area contributed by atoms with Crippen LogP contribution in [0.5, 0.6) is 5.75 Å². The normalized spacial score (nSPS) is 10.3. The maximum absolute atomic E-state index is 13.6. The van der Waals surface area contributed by atoms with E-state index in [1.807, 2.05) is 31.2 Å². The average Bonchev–Trinajstić information content (AvgIpc) is 2.43. The molecule has 2 rings (SSSR count). The Labute approximate surface area is 110 Å². The van der Waals surface area contributed by atoms with Crippen LogP contribution in [0.2, 0.25) is 0 Å². The number of halogens is 1. The number of nitrogen functional groups attached to an aromatic ring is 1. The summed E-state index contributed by atoms with van der Waals surface area (Å²) in [6.07, 6.45) is 0. The number of benzene rings is 1. The summed E-state index contributed by atoms with van der Waals surface area (Å²) in [7, 11) is 0. The van der Waals surface area contributed by atoms with Gasteiger partial charge in [-0.2, -0.15) is 0 Å². The molecule has 0 spiro atoms. The minimum atomic E-state index is -0.544. The molecule has 0 unspecified atom stereocenters. The quantitative estimate of drug-likeness (QED) is 0.653. The number of rotatable bonds is 4. The van der Waals surface area contributed by atoms with E-state index in [0.717, 1.165) is 11.3 Å². The molecule has 0 aliphatic heterocycles. The van der Waals surface area contributed by atoms with Crippen LogP contribution < -0.4 is 16.0 Å². The van der Waals surface area contributed by atoms with Gasteiger partial charge in [-0.15, -0.1) is 0 Å². The van der Waals surface area contributed by atoms with Crippen molar-refractivity contribution in [2.75, 3.05) is 12.0 Å². The van der Waals surface area contributed by atoms with Crippen LogP contribution in [0.3, 0.4) is 0 Å². The highest BCUT2D eigenvalue weighted by Gasteiger charge is 2.11. The molecule has 0 amide bonds. The number of nitrogens with one attached hydrogen (secondary N) is 1. The first kappa shape index (κ1) is 13.2. The highest BCUT2D eigenvalue weighted by atomic mass is 19.1. The highest BCUT2D eigenvalue weighted by Crippen LogP contribution is 2.22.